The Bertz CT molecular complexity index is 2300. The molecule has 0 radical (unpaired) electrons. The van der Waals surface area contributed by atoms with Gasteiger partial charge in [-0.2, -0.15) is 15.6 Å². The van der Waals surface area contributed by atoms with Gasteiger partial charge in [-0.25, -0.2) is 27.6 Å². The molecule has 6 rings (SSSR count). The lowest BCUT2D eigenvalue weighted by molar-refractivity contribution is -0.146. The van der Waals surface area contributed by atoms with Crippen molar-refractivity contribution in [2.45, 2.75) is 48.9 Å². The molecule has 4 aromatic rings. The molecule has 2 saturated heterocycles. The Hall–Kier alpha value is -5.82. The minimum atomic E-state index is -1.88. The zero-order valence-corrected chi connectivity index (χ0v) is 34.4. The number of carbonyl (C=O) groups is 2. The average molecular weight is 856 g/mol. The molecule has 2 fully saturated rings. The Morgan fingerprint density at radius 2 is 1.72 bits per heavy atom. The molecule has 2 aliphatic rings. The average Bonchev–Trinajstić information content (AvgIpc) is 3.77. The summed E-state index contributed by atoms with van der Waals surface area (Å²) in [6.45, 7) is 5.51. The van der Waals surface area contributed by atoms with E-state index < -0.39 is 46.5 Å². The lowest BCUT2D eigenvalue weighted by atomic mass is 9.89. The van der Waals surface area contributed by atoms with Crippen molar-refractivity contribution in [2.75, 3.05) is 53.0 Å². The van der Waals surface area contributed by atoms with Crippen LogP contribution < -0.4 is 0 Å². The van der Waals surface area contributed by atoms with Gasteiger partial charge in [0, 0.05) is 60.7 Å². The monoisotopic (exact) mass is 855 g/mol. The van der Waals surface area contributed by atoms with Crippen LogP contribution in [0.5, 0.6) is 0 Å². The summed E-state index contributed by atoms with van der Waals surface area (Å²) in [6, 6.07) is 15.4. The van der Waals surface area contributed by atoms with Gasteiger partial charge in [0.1, 0.15) is 36.7 Å². The first-order valence-electron chi connectivity index (χ1n) is 19.5. The third kappa shape index (κ3) is 11.9. The molecule has 0 saturated carbocycles. The summed E-state index contributed by atoms with van der Waals surface area (Å²) in [5, 5.41) is 21.8. The zero-order valence-electron chi connectivity index (χ0n) is 33.6. The van der Waals surface area contributed by atoms with Gasteiger partial charge in [0.25, 0.3) is 0 Å². The number of piperazine rings is 1. The summed E-state index contributed by atoms with van der Waals surface area (Å²) in [5.74, 6) is -3.77. The van der Waals surface area contributed by atoms with E-state index in [1.54, 1.807) is 31.2 Å². The highest BCUT2D eigenvalue weighted by Gasteiger charge is 2.47. The Kier molecular flexibility index (Phi) is 15.5. The minimum Gasteiger partial charge on any atom is -0.461 e. The molecule has 1 aromatic heterocycles. The number of hydrogen-bond acceptors (Lipinski definition) is 13. The van der Waals surface area contributed by atoms with Gasteiger partial charge in [0.05, 0.1) is 60.3 Å². The number of carbonyl (C=O) groups excluding carboxylic acids is 2. The van der Waals surface area contributed by atoms with Gasteiger partial charge in [-0.3, -0.25) is 4.79 Å². The van der Waals surface area contributed by atoms with Gasteiger partial charge in [0.15, 0.2) is 11.9 Å². The summed E-state index contributed by atoms with van der Waals surface area (Å²) in [4.78, 5) is 35.8. The molecule has 2 atom stereocenters. The zero-order chi connectivity index (χ0) is 43.4. The number of hydrogen-bond donors (Lipinski definition) is 0. The summed E-state index contributed by atoms with van der Waals surface area (Å²) in [7, 11) is 2.05. The third-order valence-electron chi connectivity index (χ3n) is 10.3. The standard InChI is InChI=1S/C44H44F3N7O6S/c1-30(61-36-25-58-42(59-26-36)6-4-3-5-33-9-7-32(23-49)20-39(33)46)44(27-54-29-50-28-51-54,38-12-11-35(45)21-40(38)47)60-43(56)37-19-31(22-48)8-10-34(37)24-57-41(55)13-14-53-17-15-52(2)16-18-53/h3-12,19-21,28-30,36,42H,13-18,24-27H2,1-2H3/t30-,36-,42-,44-/m1/s1. The molecule has 0 bridgehead atoms. The largest absolute Gasteiger partial charge is 0.461 e. The van der Waals surface area contributed by atoms with Gasteiger partial charge in [-0.1, -0.05) is 30.4 Å². The van der Waals surface area contributed by atoms with E-state index in [0.29, 0.717) is 18.2 Å². The van der Waals surface area contributed by atoms with Crippen LogP contribution in [0.15, 0.2) is 85.5 Å². The number of likely N-dealkylation sites (N-methyl/N-ethyl adjacent to an activating group) is 1. The maximum atomic E-state index is 16.1. The Balaban J connectivity index is 1.20. The van der Waals surface area contributed by atoms with Crippen molar-refractivity contribution in [3.63, 3.8) is 0 Å². The molecule has 2 aliphatic heterocycles. The topological polar surface area (TPSA) is 156 Å². The van der Waals surface area contributed by atoms with E-state index in [4.69, 9.17) is 24.2 Å². The predicted octanol–water partition coefficient (Wildman–Crippen LogP) is 6.00. The number of esters is 2. The van der Waals surface area contributed by atoms with Crippen molar-refractivity contribution in [2.24, 2.45) is 0 Å². The van der Waals surface area contributed by atoms with Crippen LogP contribution in [0.3, 0.4) is 0 Å². The van der Waals surface area contributed by atoms with Gasteiger partial charge in [0.2, 0.25) is 0 Å². The smallest absolute Gasteiger partial charge is 0.339 e. The lowest BCUT2D eigenvalue weighted by Crippen LogP contribution is -2.47. The predicted molar refractivity (Wildman–Crippen MR) is 219 cm³/mol. The number of halogens is 3. The maximum absolute atomic E-state index is 16.1. The fourth-order valence-corrected chi connectivity index (χ4v) is 8.22. The van der Waals surface area contributed by atoms with Crippen molar-refractivity contribution in [1.29, 1.82) is 10.5 Å². The van der Waals surface area contributed by atoms with Gasteiger partial charge < -0.3 is 28.7 Å². The summed E-state index contributed by atoms with van der Waals surface area (Å²) in [5.41, 5.74) is -1.19. The number of allylic oxidation sites excluding steroid dienone is 2. The second kappa shape index (κ2) is 21.1. The molecular formula is C44H44F3N7O6S. The molecule has 318 valence electrons. The Morgan fingerprint density at radius 1 is 0.984 bits per heavy atom. The van der Waals surface area contributed by atoms with Crippen LogP contribution >= 0.6 is 11.8 Å². The van der Waals surface area contributed by atoms with E-state index in [1.807, 2.05) is 19.2 Å². The van der Waals surface area contributed by atoms with Crippen molar-refractivity contribution in [1.82, 2.24) is 24.6 Å². The summed E-state index contributed by atoms with van der Waals surface area (Å²) in [6.07, 6.45) is 8.49. The number of thioether (sulfide) groups is 1. The van der Waals surface area contributed by atoms with Gasteiger partial charge in [-0.05, 0) is 56.4 Å². The molecule has 0 amide bonds. The van der Waals surface area contributed by atoms with E-state index >= 15 is 4.39 Å². The van der Waals surface area contributed by atoms with Gasteiger partial charge in [-0.15, -0.1) is 11.8 Å². The molecule has 3 aromatic carbocycles. The molecular weight excluding hydrogens is 812 g/mol. The van der Waals surface area contributed by atoms with E-state index in [1.165, 1.54) is 65.5 Å². The fourth-order valence-electron chi connectivity index (χ4n) is 6.86. The number of nitriles is 2. The normalized spacial score (nSPS) is 18.9. The molecule has 61 heavy (non-hydrogen) atoms. The van der Waals surface area contributed by atoms with Crippen LogP contribution in [0, 0.1) is 40.1 Å². The fraction of sp³-hybridized carbons (Fsp3) is 0.364. The summed E-state index contributed by atoms with van der Waals surface area (Å²) >= 11 is 1.29. The van der Waals surface area contributed by atoms with Crippen molar-refractivity contribution in [3.8, 4) is 12.1 Å². The quantitative estimate of drug-likeness (QED) is 0.0956. The van der Waals surface area contributed by atoms with E-state index in [0.717, 1.165) is 38.3 Å². The van der Waals surface area contributed by atoms with Crippen LogP contribution in [0.2, 0.25) is 0 Å². The highest BCUT2D eigenvalue weighted by atomic mass is 32.2. The number of aromatic nitrogens is 3. The first-order valence-corrected chi connectivity index (χ1v) is 20.4. The SMILES string of the molecule is C[C@@H](S[C@H]1CO[C@H](C=CC=Cc2ccc(C#N)cc2F)OC1)[C@@](Cn1cncn1)(OC(=O)c1cc(C#N)ccc1COC(=O)CCN1CCN(C)CC1)c1ccc(F)cc1F. The molecule has 0 aliphatic carbocycles. The minimum absolute atomic E-state index is 0.0801. The molecule has 0 N–H and O–H groups in total. The van der Waals surface area contributed by atoms with Crippen LogP contribution in [0.1, 0.15) is 51.5 Å². The lowest BCUT2D eigenvalue weighted by Gasteiger charge is -2.40. The van der Waals surface area contributed by atoms with Crippen molar-refractivity contribution >= 4 is 29.8 Å². The maximum Gasteiger partial charge on any atom is 0.339 e. The first kappa shape index (κ1) is 44.7. The van der Waals surface area contributed by atoms with Crippen molar-refractivity contribution in [3.05, 3.63) is 136 Å². The van der Waals surface area contributed by atoms with Gasteiger partial charge >= 0.3 is 11.9 Å². The summed E-state index contributed by atoms with van der Waals surface area (Å²) < 4.78 is 70.1. The van der Waals surface area contributed by atoms with Crippen LogP contribution in [-0.2, 0) is 42.5 Å². The van der Waals surface area contributed by atoms with Crippen LogP contribution in [0.4, 0.5) is 13.2 Å². The van der Waals surface area contributed by atoms with Crippen LogP contribution in [0.25, 0.3) is 6.08 Å². The molecule has 13 nitrogen and oxygen atoms in total. The van der Waals surface area contributed by atoms with E-state index in [-0.39, 0.29) is 65.9 Å². The van der Waals surface area contributed by atoms with E-state index in [9.17, 15) is 23.6 Å². The third-order valence-corrected chi connectivity index (χ3v) is 11.8. The van der Waals surface area contributed by atoms with E-state index in [2.05, 4.69) is 19.9 Å². The highest BCUT2D eigenvalue weighted by molar-refractivity contribution is 8.00. The van der Waals surface area contributed by atoms with Crippen molar-refractivity contribution < 1.29 is 41.7 Å². The second-order valence-electron chi connectivity index (χ2n) is 14.6. The van der Waals surface area contributed by atoms with Crippen LogP contribution in [-0.4, -0.2) is 106 Å². The number of rotatable bonds is 16. The molecule has 17 heteroatoms. The molecule has 0 unspecified atom stereocenters. The molecule has 0 spiro atoms. The second-order valence-corrected chi connectivity index (χ2v) is 16.2. The highest BCUT2D eigenvalue weighted by Crippen LogP contribution is 2.42. The number of nitrogens with zero attached hydrogens (tertiary/aromatic N) is 7. The number of benzene rings is 3. The Morgan fingerprint density at radius 3 is 2.41 bits per heavy atom. The molecule has 3 heterocycles. The Labute approximate surface area is 355 Å². The first-order chi connectivity index (χ1) is 29.5. The number of ether oxygens (including phenoxy) is 4.